The molecular weight excluding hydrogens is 817 g/mol. The molecule has 0 spiro atoms. The predicted octanol–water partition coefficient (Wildman–Crippen LogP) is 19.7. The summed E-state index contributed by atoms with van der Waals surface area (Å²) >= 11 is 0. The van der Waals surface area contributed by atoms with E-state index >= 15 is 0 Å². The van der Waals surface area contributed by atoms with Crippen molar-refractivity contribution >= 4 is 17.9 Å². The molecule has 6 heteroatoms. The van der Waals surface area contributed by atoms with Gasteiger partial charge in [-0.1, -0.05) is 298 Å². The van der Waals surface area contributed by atoms with Crippen molar-refractivity contribution in [3.8, 4) is 0 Å². The number of ether oxygens (including phenoxy) is 3. The minimum Gasteiger partial charge on any atom is -0.462 e. The van der Waals surface area contributed by atoms with Crippen molar-refractivity contribution in [3.05, 3.63) is 0 Å². The second-order valence-electron chi connectivity index (χ2n) is 21.6. The van der Waals surface area contributed by atoms with Crippen LogP contribution >= 0.6 is 0 Å². The van der Waals surface area contributed by atoms with Gasteiger partial charge in [0.05, 0.1) is 0 Å². The number of hydrogen-bond donors (Lipinski definition) is 0. The standard InChI is InChI=1S/C60H116O6/c1-6-7-8-9-10-11-12-13-14-15-20-27-32-37-42-47-52-60(63)66-57(54-65-59(62)51-46-41-36-31-26-22-21-24-29-34-39-44-49-56(4)5)53-64-58(61)50-45-40-35-30-25-19-17-16-18-23-28-33-38-43-48-55(2)3/h55-57H,6-54H2,1-5H3/t57-/m0/s1. The molecule has 0 heterocycles. The van der Waals surface area contributed by atoms with Gasteiger partial charge in [-0.05, 0) is 31.1 Å². The molecular formula is C60H116O6. The van der Waals surface area contributed by atoms with Crippen molar-refractivity contribution in [1.29, 1.82) is 0 Å². The SMILES string of the molecule is CCCCCCCCCCCCCCCCCCC(=O)O[C@@H](COC(=O)CCCCCCCCCCCCCCCCC(C)C)COC(=O)CCCCCCCCCCCCCCC(C)C. The third-order valence-electron chi connectivity index (χ3n) is 13.7. The molecule has 0 aromatic rings. The molecule has 0 aliphatic rings. The monoisotopic (exact) mass is 933 g/mol. The number of unbranched alkanes of at least 4 members (excludes halogenated alkanes) is 39. The zero-order valence-electron chi connectivity index (χ0n) is 45.3. The van der Waals surface area contributed by atoms with Gasteiger partial charge in [0.15, 0.2) is 6.10 Å². The smallest absolute Gasteiger partial charge is 0.306 e. The lowest BCUT2D eigenvalue weighted by atomic mass is 10.0. The first-order valence-electron chi connectivity index (χ1n) is 29.7. The van der Waals surface area contributed by atoms with Crippen LogP contribution in [0.1, 0.15) is 336 Å². The molecule has 0 aliphatic carbocycles. The highest BCUT2D eigenvalue weighted by atomic mass is 16.6. The highest BCUT2D eigenvalue weighted by Gasteiger charge is 2.19. The van der Waals surface area contributed by atoms with Crippen LogP contribution in [0.4, 0.5) is 0 Å². The fourth-order valence-corrected chi connectivity index (χ4v) is 9.23. The van der Waals surface area contributed by atoms with Gasteiger partial charge in [-0.25, -0.2) is 0 Å². The van der Waals surface area contributed by atoms with E-state index < -0.39 is 6.10 Å². The van der Waals surface area contributed by atoms with E-state index in [9.17, 15) is 14.4 Å². The minimum atomic E-state index is -0.763. The van der Waals surface area contributed by atoms with Gasteiger partial charge in [-0.3, -0.25) is 14.4 Å². The molecule has 0 aromatic carbocycles. The summed E-state index contributed by atoms with van der Waals surface area (Å²) in [6, 6.07) is 0. The zero-order valence-corrected chi connectivity index (χ0v) is 45.3. The average molecular weight is 934 g/mol. The molecule has 0 saturated heterocycles. The Balaban J connectivity index is 4.30. The van der Waals surface area contributed by atoms with E-state index in [4.69, 9.17) is 14.2 Å². The first-order chi connectivity index (χ1) is 32.2. The van der Waals surface area contributed by atoms with E-state index in [1.807, 2.05) is 0 Å². The zero-order chi connectivity index (χ0) is 48.2. The Hall–Kier alpha value is -1.59. The van der Waals surface area contributed by atoms with Crippen molar-refractivity contribution in [2.75, 3.05) is 13.2 Å². The van der Waals surface area contributed by atoms with Crippen LogP contribution in [-0.4, -0.2) is 37.2 Å². The highest BCUT2D eigenvalue weighted by Crippen LogP contribution is 2.18. The van der Waals surface area contributed by atoms with Gasteiger partial charge in [-0.15, -0.1) is 0 Å². The largest absolute Gasteiger partial charge is 0.462 e. The van der Waals surface area contributed by atoms with Crippen molar-refractivity contribution in [2.45, 2.75) is 343 Å². The summed E-state index contributed by atoms with van der Waals surface area (Å²) in [4.78, 5) is 38.2. The lowest BCUT2D eigenvalue weighted by Crippen LogP contribution is -2.30. The van der Waals surface area contributed by atoms with Crippen molar-refractivity contribution in [2.24, 2.45) is 11.8 Å². The van der Waals surface area contributed by atoms with Gasteiger partial charge in [0.1, 0.15) is 13.2 Å². The predicted molar refractivity (Wildman–Crippen MR) is 284 cm³/mol. The molecule has 0 radical (unpaired) electrons. The molecule has 0 unspecified atom stereocenters. The summed E-state index contributed by atoms with van der Waals surface area (Å²) in [5, 5.41) is 0. The van der Waals surface area contributed by atoms with Crippen LogP contribution in [0.3, 0.4) is 0 Å². The van der Waals surface area contributed by atoms with Crippen molar-refractivity contribution in [3.63, 3.8) is 0 Å². The topological polar surface area (TPSA) is 78.9 Å². The number of carbonyl (C=O) groups is 3. The molecule has 66 heavy (non-hydrogen) atoms. The maximum absolute atomic E-state index is 12.9. The average Bonchev–Trinajstić information content (AvgIpc) is 3.29. The summed E-state index contributed by atoms with van der Waals surface area (Å²) in [6.45, 7) is 11.4. The number of rotatable bonds is 54. The first kappa shape index (κ1) is 64.4. The molecule has 6 nitrogen and oxygen atoms in total. The summed E-state index contributed by atoms with van der Waals surface area (Å²) in [6.07, 6.45) is 56.6. The molecule has 0 amide bonds. The summed E-state index contributed by atoms with van der Waals surface area (Å²) < 4.78 is 16.9. The Morgan fingerprint density at radius 2 is 0.500 bits per heavy atom. The van der Waals surface area contributed by atoms with E-state index in [0.29, 0.717) is 19.3 Å². The molecule has 0 fully saturated rings. The van der Waals surface area contributed by atoms with E-state index in [-0.39, 0.29) is 31.1 Å². The Morgan fingerprint density at radius 1 is 0.288 bits per heavy atom. The Labute approximate surface area is 412 Å². The molecule has 0 rings (SSSR count). The normalized spacial score (nSPS) is 12.0. The van der Waals surface area contributed by atoms with Gasteiger partial charge in [-0.2, -0.15) is 0 Å². The Kier molecular flexibility index (Phi) is 51.5. The summed E-state index contributed by atoms with van der Waals surface area (Å²) in [5.74, 6) is 0.842. The van der Waals surface area contributed by atoms with E-state index in [2.05, 4.69) is 34.6 Å². The Morgan fingerprint density at radius 3 is 0.742 bits per heavy atom. The fourth-order valence-electron chi connectivity index (χ4n) is 9.23. The number of esters is 3. The molecule has 0 aromatic heterocycles. The van der Waals surface area contributed by atoms with Crippen LogP contribution in [-0.2, 0) is 28.6 Å². The van der Waals surface area contributed by atoms with Crippen LogP contribution in [0.15, 0.2) is 0 Å². The van der Waals surface area contributed by atoms with Gasteiger partial charge in [0, 0.05) is 19.3 Å². The molecule has 1 atom stereocenters. The second-order valence-corrected chi connectivity index (χ2v) is 21.6. The van der Waals surface area contributed by atoms with Crippen LogP contribution in [0.2, 0.25) is 0 Å². The molecule has 392 valence electrons. The Bertz CT molecular complexity index is 1010. The van der Waals surface area contributed by atoms with Gasteiger partial charge >= 0.3 is 17.9 Å². The minimum absolute atomic E-state index is 0.0624. The molecule has 0 N–H and O–H groups in total. The quantitative estimate of drug-likeness (QED) is 0.0343. The van der Waals surface area contributed by atoms with Crippen molar-refractivity contribution < 1.29 is 28.6 Å². The van der Waals surface area contributed by atoms with E-state index in [1.165, 1.54) is 225 Å². The lowest BCUT2D eigenvalue weighted by molar-refractivity contribution is -0.167. The molecule has 0 saturated carbocycles. The summed E-state index contributed by atoms with van der Waals surface area (Å²) in [5.41, 5.74) is 0. The van der Waals surface area contributed by atoms with Gasteiger partial charge in [0.25, 0.3) is 0 Å². The maximum Gasteiger partial charge on any atom is 0.306 e. The highest BCUT2D eigenvalue weighted by molar-refractivity contribution is 5.71. The number of carbonyl (C=O) groups excluding carboxylic acids is 3. The van der Waals surface area contributed by atoms with E-state index in [0.717, 1.165) is 69.6 Å². The second kappa shape index (κ2) is 52.8. The lowest BCUT2D eigenvalue weighted by Gasteiger charge is -2.18. The van der Waals surface area contributed by atoms with E-state index in [1.54, 1.807) is 0 Å². The van der Waals surface area contributed by atoms with Gasteiger partial charge in [0.2, 0.25) is 0 Å². The van der Waals surface area contributed by atoms with Crippen molar-refractivity contribution in [1.82, 2.24) is 0 Å². The molecule has 0 bridgehead atoms. The van der Waals surface area contributed by atoms with Crippen LogP contribution in [0.5, 0.6) is 0 Å². The molecule has 0 aliphatic heterocycles. The maximum atomic E-state index is 12.9. The van der Waals surface area contributed by atoms with Crippen LogP contribution < -0.4 is 0 Å². The third-order valence-corrected chi connectivity index (χ3v) is 13.7. The number of hydrogen-bond acceptors (Lipinski definition) is 6. The summed E-state index contributed by atoms with van der Waals surface area (Å²) in [7, 11) is 0. The third kappa shape index (κ3) is 53.4. The fraction of sp³-hybridized carbons (Fsp3) is 0.950. The first-order valence-corrected chi connectivity index (χ1v) is 29.7. The van der Waals surface area contributed by atoms with Crippen LogP contribution in [0.25, 0.3) is 0 Å². The van der Waals surface area contributed by atoms with Crippen LogP contribution in [0, 0.1) is 11.8 Å². The van der Waals surface area contributed by atoms with Gasteiger partial charge < -0.3 is 14.2 Å².